The molecule has 6 nitrogen and oxygen atoms in total. The third-order valence-corrected chi connectivity index (χ3v) is 7.03. The molecule has 0 amide bonds. The van der Waals surface area contributed by atoms with E-state index in [2.05, 4.69) is 0 Å². The Bertz CT molecular complexity index is 1140. The van der Waals surface area contributed by atoms with Crippen LogP contribution in [0.3, 0.4) is 0 Å². The standard InChI is InChI=1S/C24H27NO5S/c1-17-7-6-8-19(15-17)18(2)25(20-9-14-23(29-4)24(16-20)30-5)31(26,27)22-12-10-21(28-3)11-13-22/h6-16,18H,1-5H3/t18-/m1/s1. The fourth-order valence-electron chi connectivity index (χ4n) is 3.46. The van der Waals surface area contributed by atoms with E-state index in [0.717, 1.165) is 11.1 Å². The molecule has 31 heavy (non-hydrogen) atoms. The smallest absolute Gasteiger partial charge is 0.264 e. The van der Waals surface area contributed by atoms with E-state index < -0.39 is 16.1 Å². The maximum absolute atomic E-state index is 13.8. The average Bonchev–Trinajstić information content (AvgIpc) is 2.78. The van der Waals surface area contributed by atoms with Crippen molar-refractivity contribution in [3.05, 3.63) is 77.9 Å². The van der Waals surface area contributed by atoms with Crippen molar-refractivity contribution in [3.8, 4) is 17.2 Å². The van der Waals surface area contributed by atoms with Gasteiger partial charge < -0.3 is 14.2 Å². The first kappa shape index (κ1) is 22.5. The van der Waals surface area contributed by atoms with Gasteiger partial charge in [-0.3, -0.25) is 4.31 Å². The van der Waals surface area contributed by atoms with E-state index in [-0.39, 0.29) is 4.90 Å². The highest BCUT2D eigenvalue weighted by Gasteiger charge is 2.31. The van der Waals surface area contributed by atoms with Crippen LogP contribution < -0.4 is 18.5 Å². The Balaban J connectivity index is 2.18. The van der Waals surface area contributed by atoms with Crippen LogP contribution in [-0.2, 0) is 10.0 Å². The van der Waals surface area contributed by atoms with Crippen molar-refractivity contribution in [1.29, 1.82) is 0 Å². The Kier molecular flexibility index (Phi) is 6.75. The predicted octanol–water partition coefficient (Wildman–Crippen LogP) is 4.98. The maximum atomic E-state index is 13.8. The number of sulfonamides is 1. The number of nitrogens with zero attached hydrogens (tertiary/aromatic N) is 1. The van der Waals surface area contributed by atoms with Gasteiger partial charge in [0.05, 0.1) is 38.0 Å². The summed E-state index contributed by atoms with van der Waals surface area (Å²) in [6.07, 6.45) is 0. The number of ether oxygens (including phenoxy) is 3. The highest BCUT2D eigenvalue weighted by molar-refractivity contribution is 7.92. The Morgan fingerprint density at radius 1 is 0.806 bits per heavy atom. The van der Waals surface area contributed by atoms with Crippen molar-refractivity contribution in [2.24, 2.45) is 0 Å². The summed E-state index contributed by atoms with van der Waals surface area (Å²) in [5, 5.41) is 0. The monoisotopic (exact) mass is 441 g/mol. The van der Waals surface area contributed by atoms with Gasteiger partial charge in [-0.25, -0.2) is 8.42 Å². The molecule has 3 aromatic rings. The minimum atomic E-state index is -3.90. The van der Waals surface area contributed by atoms with Gasteiger partial charge in [-0.15, -0.1) is 0 Å². The molecule has 7 heteroatoms. The first-order valence-electron chi connectivity index (χ1n) is 9.79. The normalized spacial score (nSPS) is 12.2. The molecule has 0 aliphatic rings. The molecule has 0 N–H and O–H groups in total. The van der Waals surface area contributed by atoms with Crippen molar-refractivity contribution in [2.75, 3.05) is 25.6 Å². The van der Waals surface area contributed by atoms with Gasteiger partial charge in [0, 0.05) is 6.07 Å². The second kappa shape index (κ2) is 9.31. The Labute approximate surface area is 184 Å². The van der Waals surface area contributed by atoms with Crippen LogP contribution in [0, 0.1) is 6.92 Å². The zero-order valence-corrected chi connectivity index (χ0v) is 19.1. The van der Waals surface area contributed by atoms with E-state index in [1.54, 1.807) is 56.7 Å². The van der Waals surface area contributed by atoms with Crippen LogP contribution in [0.15, 0.2) is 71.6 Å². The molecular weight excluding hydrogens is 414 g/mol. The summed E-state index contributed by atoms with van der Waals surface area (Å²) >= 11 is 0. The minimum absolute atomic E-state index is 0.169. The van der Waals surface area contributed by atoms with Crippen molar-refractivity contribution in [2.45, 2.75) is 24.8 Å². The highest BCUT2D eigenvalue weighted by Crippen LogP contribution is 2.38. The zero-order valence-electron chi connectivity index (χ0n) is 18.3. The minimum Gasteiger partial charge on any atom is -0.497 e. The van der Waals surface area contributed by atoms with Gasteiger partial charge in [0.1, 0.15) is 5.75 Å². The van der Waals surface area contributed by atoms with Gasteiger partial charge in [-0.2, -0.15) is 0 Å². The fraction of sp³-hybridized carbons (Fsp3) is 0.250. The molecule has 3 aromatic carbocycles. The van der Waals surface area contributed by atoms with Crippen LogP contribution in [0.5, 0.6) is 17.2 Å². The summed E-state index contributed by atoms with van der Waals surface area (Å²) in [5.41, 5.74) is 2.41. The van der Waals surface area contributed by atoms with E-state index in [4.69, 9.17) is 14.2 Å². The van der Waals surface area contributed by atoms with E-state index >= 15 is 0 Å². The third-order valence-electron chi connectivity index (χ3n) is 5.11. The SMILES string of the molecule is COc1ccc(S(=O)(=O)N(c2ccc(OC)c(OC)c2)[C@H](C)c2cccc(C)c2)cc1. The molecule has 0 spiro atoms. The molecule has 0 bridgehead atoms. The van der Waals surface area contributed by atoms with Gasteiger partial charge in [0.25, 0.3) is 10.0 Å². The van der Waals surface area contributed by atoms with Gasteiger partial charge in [0.15, 0.2) is 11.5 Å². The molecule has 0 fully saturated rings. The molecule has 0 radical (unpaired) electrons. The first-order chi connectivity index (χ1) is 14.8. The van der Waals surface area contributed by atoms with E-state index in [1.165, 1.54) is 11.4 Å². The summed E-state index contributed by atoms with van der Waals surface area (Å²) in [7, 11) is 0.701. The number of benzene rings is 3. The molecule has 0 unspecified atom stereocenters. The number of methoxy groups -OCH3 is 3. The second-order valence-corrected chi connectivity index (χ2v) is 8.92. The molecule has 164 valence electrons. The molecule has 0 saturated heterocycles. The lowest BCUT2D eigenvalue weighted by atomic mass is 10.1. The van der Waals surface area contributed by atoms with Crippen LogP contribution in [0.25, 0.3) is 0 Å². The highest BCUT2D eigenvalue weighted by atomic mass is 32.2. The topological polar surface area (TPSA) is 65.1 Å². The lowest BCUT2D eigenvalue weighted by Crippen LogP contribution is -2.33. The third kappa shape index (κ3) is 4.61. The van der Waals surface area contributed by atoms with E-state index in [0.29, 0.717) is 22.9 Å². The number of rotatable bonds is 8. The Morgan fingerprint density at radius 2 is 1.48 bits per heavy atom. The van der Waals surface area contributed by atoms with Crippen LogP contribution in [0.4, 0.5) is 5.69 Å². The lowest BCUT2D eigenvalue weighted by molar-refractivity contribution is 0.355. The Morgan fingerprint density at radius 3 is 2.06 bits per heavy atom. The van der Waals surface area contributed by atoms with Crippen LogP contribution >= 0.6 is 0 Å². The summed E-state index contributed by atoms with van der Waals surface area (Å²) in [4.78, 5) is 0.169. The predicted molar refractivity (Wildman–Crippen MR) is 122 cm³/mol. The Hall–Kier alpha value is -3.19. The molecule has 3 rings (SSSR count). The van der Waals surface area contributed by atoms with E-state index in [9.17, 15) is 8.42 Å². The van der Waals surface area contributed by atoms with Gasteiger partial charge >= 0.3 is 0 Å². The van der Waals surface area contributed by atoms with Gasteiger partial charge in [-0.05, 0) is 55.8 Å². The number of anilines is 1. The van der Waals surface area contributed by atoms with Crippen molar-refractivity contribution < 1.29 is 22.6 Å². The molecule has 0 aliphatic carbocycles. The summed E-state index contributed by atoms with van der Waals surface area (Å²) in [6.45, 7) is 3.85. The van der Waals surface area contributed by atoms with Crippen LogP contribution in [-0.4, -0.2) is 29.7 Å². The largest absolute Gasteiger partial charge is 0.497 e. The quantitative estimate of drug-likeness (QED) is 0.493. The van der Waals surface area contributed by atoms with Crippen molar-refractivity contribution >= 4 is 15.7 Å². The number of hydrogen-bond donors (Lipinski definition) is 0. The maximum Gasteiger partial charge on any atom is 0.264 e. The number of aryl methyl sites for hydroxylation is 1. The van der Waals surface area contributed by atoms with Gasteiger partial charge in [-0.1, -0.05) is 29.8 Å². The zero-order chi connectivity index (χ0) is 22.6. The molecule has 0 aliphatic heterocycles. The summed E-state index contributed by atoms with van der Waals surface area (Å²) < 4.78 is 44.9. The first-order valence-corrected chi connectivity index (χ1v) is 11.2. The van der Waals surface area contributed by atoms with Crippen LogP contribution in [0.1, 0.15) is 24.1 Å². The number of hydrogen-bond acceptors (Lipinski definition) is 5. The lowest BCUT2D eigenvalue weighted by Gasteiger charge is -2.31. The summed E-state index contributed by atoms with van der Waals surface area (Å²) in [6, 6.07) is 18.8. The average molecular weight is 442 g/mol. The molecule has 0 aromatic heterocycles. The molecule has 1 atom stereocenters. The molecule has 0 saturated carbocycles. The molecular formula is C24H27NO5S. The molecule has 0 heterocycles. The van der Waals surface area contributed by atoms with Gasteiger partial charge in [0.2, 0.25) is 0 Å². The van der Waals surface area contributed by atoms with Crippen molar-refractivity contribution in [3.63, 3.8) is 0 Å². The van der Waals surface area contributed by atoms with E-state index in [1.807, 2.05) is 38.1 Å². The fourth-order valence-corrected chi connectivity index (χ4v) is 5.10. The summed E-state index contributed by atoms with van der Waals surface area (Å²) in [5.74, 6) is 1.56. The second-order valence-electron chi connectivity index (χ2n) is 7.11. The van der Waals surface area contributed by atoms with Crippen molar-refractivity contribution in [1.82, 2.24) is 0 Å². The van der Waals surface area contributed by atoms with Crippen LogP contribution in [0.2, 0.25) is 0 Å².